The van der Waals surface area contributed by atoms with Gasteiger partial charge in [-0.15, -0.1) is 0 Å². The van der Waals surface area contributed by atoms with E-state index in [4.69, 9.17) is 10.5 Å². The minimum Gasteiger partial charge on any atom is -0.497 e. The molecule has 25 heavy (non-hydrogen) atoms. The Balaban J connectivity index is 1.89. The summed E-state index contributed by atoms with van der Waals surface area (Å²) in [6.07, 6.45) is 4.97. The van der Waals surface area contributed by atoms with Gasteiger partial charge in [-0.3, -0.25) is 14.6 Å². The van der Waals surface area contributed by atoms with Crippen molar-refractivity contribution >= 4 is 11.9 Å². The van der Waals surface area contributed by atoms with Crippen LogP contribution < -0.4 is 21.0 Å². The molecule has 0 fully saturated rings. The van der Waals surface area contributed by atoms with Crippen LogP contribution in [0.3, 0.4) is 0 Å². The Bertz CT molecular complexity index is 877. The maximum absolute atomic E-state index is 12.0. The number of ether oxygens (including phenoxy) is 1. The van der Waals surface area contributed by atoms with Crippen LogP contribution >= 0.6 is 0 Å². The van der Waals surface area contributed by atoms with E-state index in [1.807, 2.05) is 48.5 Å². The Morgan fingerprint density at radius 2 is 2.24 bits per heavy atom. The number of nitrogens with one attached hydrogen (secondary N) is 1. The van der Waals surface area contributed by atoms with Gasteiger partial charge in [-0.05, 0) is 24.6 Å². The molecular weight excluding hydrogens is 322 g/mol. The molecule has 1 aliphatic heterocycles. The first-order valence-electron chi connectivity index (χ1n) is 7.76. The second-order valence-electron chi connectivity index (χ2n) is 5.62. The number of methoxy groups -OCH3 is 1. The predicted molar refractivity (Wildman–Crippen MR) is 93.1 cm³/mol. The number of amides is 1. The van der Waals surface area contributed by atoms with E-state index in [9.17, 15) is 9.59 Å². The molecule has 1 aromatic carbocycles. The van der Waals surface area contributed by atoms with E-state index in [0.717, 1.165) is 11.3 Å². The van der Waals surface area contributed by atoms with Crippen molar-refractivity contribution in [2.24, 2.45) is 5.73 Å². The molecule has 0 saturated heterocycles. The summed E-state index contributed by atoms with van der Waals surface area (Å²) in [6.45, 7) is 2.70. The highest BCUT2D eigenvalue weighted by Crippen LogP contribution is 2.28. The van der Waals surface area contributed by atoms with E-state index in [0.29, 0.717) is 12.5 Å². The van der Waals surface area contributed by atoms with Gasteiger partial charge < -0.3 is 10.5 Å². The fourth-order valence-corrected chi connectivity index (χ4v) is 2.72. The number of benzene rings is 1. The molecule has 1 amide bonds. The summed E-state index contributed by atoms with van der Waals surface area (Å²) in [5.74, 6) is 0.290. The molecule has 2 heterocycles. The van der Waals surface area contributed by atoms with Crippen LogP contribution in [0, 0.1) is 0 Å². The quantitative estimate of drug-likeness (QED) is 0.846. The first-order valence-corrected chi connectivity index (χ1v) is 7.76. The first kappa shape index (κ1) is 16.7. The molecule has 0 aliphatic carbocycles. The Labute approximate surface area is 144 Å². The average Bonchev–Trinajstić information content (AvgIpc) is 3.10. The number of anilines is 1. The summed E-state index contributed by atoms with van der Waals surface area (Å²) in [4.78, 5) is 29.9. The second-order valence-corrected chi connectivity index (χ2v) is 5.62. The Morgan fingerprint density at radius 1 is 1.44 bits per heavy atom. The van der Waals surface area contributed by atoms with Gasteiger partial charge in [0.05, 0.1) is 13.2 Å². The van der Waals surface area contributed by atoms with Crippen LogP contribution in [0.4, 0.5) is 5.95 Å². The van der Waals surface area contributed by atoms with Crippen molar-refractivity contribution in [3.05, 3.63) is 64.2 Å². The highest BCUT2D eigenvalue weighted by atomic mass is 16.5. The lowest BCUT2D eigenvalue weighted by atomic mass is 10.1. The largest absolute Gasteiger partial charge is 0.497 e. The van der Waals surface area contributed by atoms with Crippen LogP contribution in [0.2, 0.25) is 0 Å². The minimum atomic E-state index is -0.807. The van der Waals surface area contributed by atoms with E-state index in [1.54, 1.807) is 12.1 Å². The lowest BCUT2D eigenvalue weighted by Gasteiger charge is -2.33. The molecule has 130 valence electrons. The number of nitrogens with zero attached hydrogens (tertiary/aromatic N) is 3. The van der Waals surface area contributed by atoms with Crippen LogP contribution in [-0.2, 0) is 0 Å². The van der Waals surface area contributed by atoms with E-state index in [-0.39, 0.29) is 11.6 Å². The molecule has 0 bridgehead atoms. The average molecular weight is 341 g/mol. The Kier molecular flexibility index (Phi) is 4.53. The third-order valence-electron chi connectivity index (χ3n) is 4.11. The van der Waals surface area contributed by atoms with Crippen LogP contribution in [0.5, 0.6) is 5.75 Å². The fourth-order valence-electron chi connectivity index (χ4n) is 2.72. The third kappa shape index (κ3) is 3.24. The van der Waals surface area contributed by atoms with Gasteiger partial charge >= 0.3 is 0 Å². The molecule has 1 aromatic heterocycles. The molecule has 1 aliphatic rings. The number of hydrogen-bond acceptors (Lipinski definition) is 6. The van der Waals surface area contributed by atoms with Crippen molar-refractivity contribution in [1.29, 1.82) is 0 Å². The van der Waals surface area contributed by atoms with Crippen LogP contribution in [-0.4, -0.2) is 34.5 Å². The van der Waals surface area contributed by atoms with Crippen molar-refractivity contribution < 1.29 is 9.53 Å². The summed E-state index contributed by atoms with van der Waals surface area (Å²) in [7, 11) is 1.63. The molecule has 0 radical (unpaired) electrons. The van der Waals surface area contributed by atoms with Gasteiger partial charge in [-0.2, -0.15) is 0 Å². The lowest BCUT2D eigenvalue weighted by molar-refractivity contribution is 0.0998. The molecule has 3 rings (SSSR count). The smallest absolute Gasteiger partial charge is 0.265 e. The SMILES string of the molecule is COc1cccc([C@H](C)N2CC=CN2c2ncc(C(N)=O)c(=O)[nH]2)c1. The molecule has 0 unspecified atom stereocenters. The number of aromatic nitrogens is 2. The van der Waals surface area contributed by atoms with E-state index in [2.05, 4.69) is 9.97 Å². The third-order valence-corrected chi connectivity index (χ3v) is 4.11. The van der Waals surface area contributed by atoms with Gasteiger partial charge in [-0.1, -0.05) is 18.2 Å². The van der Waals surface area contributed by atoms with Crippen molar-refractivity contribution in [2.75, 3.05) is 18.7 Å². The first-order chi connectivity index (χ1) is 12.0. The number of nitrogens with two attached hydrogens (primary N) is 1. The van der Waals surface area contributed by atoms with Crippen molar-refractivity contribution in [3.63, 3.8) is 0 Å². The van der Waals surface area contributed by atoms with Gasteiger partial charge in [0.15, 0.2) is 0 Å². The topological polar surface area (TPSA) is 105 Å². The molecule has 0 spiro atoms. The normalized spacial score (nSPS) is 15.4. The Hall–Kier alpha value is -3.13. The maximum Gasteiger partial charge on any atom is 0.265 e. The van der Waals surface area contributed by atoms with Crippen LogP contribution in [0.1, 0.15) is 28.9 Å². The zero-order valence-electron chi connectivity index (χ0n) is 14.0. The van der Waals surface area contributed by atoms with Gasteiger partial charge in [0.2, 0.25) is 5.95 Å². The van der Waals surface area contributed by atoms with Crippen molar-refractivity contribution in [2.45, 2.75) is 13.0 Å². The number of H-pyrrole nitrogens is 1. The summed E-state index contributed by atoms with van der Waals surface area (Å²) < 4.78 is 5.28. The standard InChI is InChI=1S/C17H19N5O3/c1-11(12-5-3-6-13(9-12)25-2)21-7-4-8-22(21)17-19-10-14(15(18)23)16(24)20-17/h3-6,8-11H,7H2,1-2H3,(H2,18,23)(H,19,20,24)/t11-/m0/s1. The van der Waals surface area contributed by atoms with E-state index >= 15 is 0 Å². The summed E-state index contributed by atoms with van der Waals surface area (Å²) in [5, 5.41) is 3.77. The van der Waals surface area contributed by atoms with E-state index < -0.39 is 11.5 Å². The molecule has 2 aromatic rings. The van der Waals surface area contributed by atoms with Gasteiger partial charge in [0.1, 0.15) is 11.3 Å². The fraction of sp³-hybridized carbons (Fsp3) is 0.235. The van der Waals surface area contributed by atoms with E-state index in [1.165, 1.54) is 6.20 Å². The van der Waals surface area contributed by atoms with Gasteiger partial charge in [-0.25, -0.2) is 15.0 Å². The highest BCUT2D eigenvalue weighted by molar-refractivity contribution is 5.92. The number of aromatic amines is 1. The molecule has 8 heteroatoms. The number of rotatable bonds is 5. The van der Waals surface area contributed by atoms with Crippen molar-refractivity contribution in [1.82, 2.24) is 15.0 Å². The number of carbonyl (C=O) groups is 1. The second kappa shape index (κ2) is 6.78. The highest BCUT2D eigenvalue weighted by Gasteiger charge is 2.26. The summed E-state index contributed by atoms with van der Waals surface area (Å²) >= 11 is 0. The summed E-state index contributed by atoms with van der Waals surface area (Å²) in [5.41, 5.74) is 5.48. The van der Waals surface area contributed by atoms with Gasteiger partial charge in [0.25, 0.3) is 11.5 Å². The van der Waals surface area contributed by atoms with Crippen LogP contribution in [0.25, 0.3) is 0 Å². The monoisotopic (exact) mass is 341 g/mol. The molecule has 8 nitrogen and oxygen atoms in total. The summed E-state index contributed by atoms with van der Waals surface area (Å²) in [6, 6.07) is 7.80. The lowest BCUT2D eigenvalue weighted by Crippen LogP contribution is -2.39. The molecule has 3 N–H and O–H groups in total. The van der Waals surface area contributed by atoms with Gasteiger partial charge in [0, 0.05) is 18.9 Å². The zero-order valence-corrected chi connectivity index (χ0v) is 14.0. The predicted octanol–water partition coefficient (Wildman–Crippen LogP) is 1.19. The number of hydrogen-bond donors (Lipinski definition) is 2. The minimum absolute atomic E-state index is 0.00576. The van der Waals surface area contributed by atoms with Crippen molar-refractivity contribution in [3.8, 4) is 5.75 Å². The van der Waals surface area contributed by atoms with Crippen LogP contribution in [0.15, 0.2) is 47.5 Å². The zero-order chi connectivity index (χ0) is 18.0. The number of carbonyl (C=O) groups excluding carboxylic acids is 1. The number of primary amides is 1. The number of hydrazine groups is 1. The molecule has 0 saturated carbocycles. The molecular formula is C17H19N5O3. The maximum atomic E-state index is 12.0. The molecule has 1 atom stereocenters. The Morgan fingerprint density at radius 3 is 2.92 bits per heavy atom.